The molecule has 96 valence electrons. The second-order valence-corrected chi connectivity index (χ2v) is 6.50. The number of rotatable bonds is 5. The van der Waals surface area contributed by atoms with Crippen molar-refractivity contribution in [2.45, 2.75) is 37.8 Å². The minimum absolute atomic E-state index is 0.0909. The first-order chi connectivity index (χ1) is 7.92. The Morgan fingerprint density at radius 1 is 1.35 bits per heavy atom. The van der Waals surface area contributed by atoms with Crippen LogP contribution in [0.15, 0.2) is 23.1 Å². The molecule has 0 fully saturated rings. The summed E-state index contributed by atoms with van der Waals surface area (Å²) in [5.74, 6) is 0.704. The summed E-state index contributed by atoms with van der Waals surface area (Å²) < 4.78 is 0. The Hall–Kier alpha value is -0.220. The van der Waals surface area contributed by atoms with Gasteiger partial charge >= 0.3 is 0 Å². The molecule has 0 radical (unpaired) electrons. The Morgan fingerprint density at radius 3 is 2.59 bits per heavy atom. The van der Waals surface area contributed by atoms with Crippen molar-refractivity contribution < 1.29 is 5.11 Å². The summed E-state index contributed by atoms with van der Waals surface area (Å²) in [6.45, 7) is 7.36. The van der Waals surface area contributed by atoms with Crippen LogP contribution < -0.4 is 5.32 Å². The zero-order chi connectivity index (χ0) is 12.9. The molecule has 0 saturated carbocycles. The van der Waals surface area contributed by atoms with E-state index in [-0.39, 0.29) is 12.1 Å². The third kappa shape index (κ3) is 5.77. The van der Waals surface area contributed by atoms with Crippen molar-refractivity contribution in [2.75, 3.05) is 12.4 Å². The maximum Gasteiger partial charge on any atom is 0.0525 e. The van der Waals surface area contributed by atoms with Crippen LogP contribution in [-0.2, 0) is 6.54 Å². The summed E-state index contributed by atoms with van der Waals surface area (Å²) in [7, 11) is 0. The van der Waals surface area contributed by atoms with Crippen molar-refractivity contribution in [2.24, 2.45) is 0 Å². The van der Waals surface area contributed by atoms with Crippen molar-refractivity contribution in [1.82, 2.24) is 5.32 Å². The van der Waals surface area contributed by atoms with Gasteiger partial charge in [-0.25, -0.2) is 0 Å². The Labute approximate surface area is 113 Å². The number of aliphatic hydroxyl groups is 1. The Balaban J connectivity index is 2.63. The van der Waals surface area contributed by atoms with Gasteiger partial charge in [0.1, 0.15) is 0 Å². The van der Waals surface area contributed by atoms with Gasteiger partial charge < -0.3 is 10.4 Å². The van der Waals surface area contributed by atoms with Crippen LogP contribution in [0.3, 0.4) is 0 Å². The van der Waals surface area contributed by atoms with Crippen LogP contribution in [0, 0.1) is 0 Å². The van der Waals surface area contributed by atoms with Gasteiger partial charge in [0, 0.05) is 27.8 Å². The second-order valence-electron chi connectivity index (χ2n) is 4.93. The third-order valence-electron chi connectivity index (χ3n) is 2.19. The molecule has 0 heterocycles. The number of hydrogen-bond donors (Lipinski definition) is 2. The molecular formula is C13H20ClNOS. The number of aliphatic hydroxyl groups excluding tert-OH is 1. The van der Waals surface area contributed by atoms with Gasteiger partial charge in [0.15, 0.2) is 0 Å². The summed E-state index contributed by atoms with van der Waals surface area (Å²) in [4.78, 5) is 1.10. The van der Waals surface area contributed by atoms with E-state index in [1.807, 2.05) is 18.2 Å². The van der Waals surface area contributed by atoms with Crippen molar-refractivity contribution in [3.63, 3.8) is 0 Å². The molecule has 0 atom stereocenters. The fourth-order valence-electron chi connectivity index (χ4n) is 1.29. The molecule has 17 heavy (non-hydrogen) atoms. The van der Waals surface area contributed by atoms with Crippen molar-refractivity contribution in [3.8, 4) is 0 Å². The van der Waals surface area contributed by atoms with E-state index in [0.29, 0.717) is 5.75 Å². The molecule has 1 aromatic carbocycles. The molecule has 0 saturated heterocycles. The van der Waals surface area contributed by atoms with Crippen molar-refractivity contribution in [1.29, 1.82) is 0 Å². The van der Waals surface area contributed by atoms with Gasteiger partial charge in [0.2, 0.25) is 0 Å². The zero-order valence-electron chi connectivity index (χ0n) is 10.6. The van der Waals surface area contributed by atoms with Gasteiger partial charge in [-0.05, 0) is 38.5 Å². The number of nitrogens with one attached hydrogen (secondary N) is 1. The number of thioether (sulfide) groups is 1. The molecule has 0 aliphatic rings. The minimum atomic E-state index is 0.0909. The topological polar surface area (TPSA) is 32.3 Å². The third-order valence-corrected chi connectivity index (χ3v) is 3.52. The molecule has 0 amide bonds. The molecule has 2 N–H and O–H groups in total. The van der Waals surface area contributed by atoms with Crippen LogP contribution in [0.1, 0.15) is 26.3 Å². The molecule has 1 rings (SSSR count). The van der Waals surface area contributed by atoms with E-state index in [9.17, 15) is 0 Å². The number of hydrogen-bond acceptors (Lipinski definition) is 3. The van der Waals surface area contributed by atoms with Crippen molar-refractivity contribution in [3.05, 3.63) is 28.8 Å². The molecule has 0 aliphatic carbocycles. The summed E-state index contributed by atoms with van der Waals surface area (Å²) in [5.41, 5.74) is 1.20. The molecule has 1 aromatic rings. The fourth-order valence-corrected chi connectivity index (χ4v) is 2.29. The Kier molecular flexibility index (Phi) is 5.80. The SMILES string of the molecule is CC(C)(C)NCc1ccc(SCCO)cc1Cl. The summed E-state index contributed by atoms with van der Waals surface area (Å²) >= 11 is 7.83. The first-order valence-electron chi connectivity index (χ1n) is 5.69. The van der Waals surface area contributed by atoms with E-state index < -0.39 is 0 Å². The Morgan fingerprint density at radius 2 is 2.06 bits per heavy atom. The van der Waals surface area contributed by atoms with Gasteiger partial charge in [-0.15, -0.1) is 11.8 Å². The zero-order valence-corrected chi connectivity index (χ0v) is 12.2. The molecular weight excluding hydrogens is 254 g/mol. The predicted octanol–water partition coefficient (Wildman–Crippen LogP) is 3.31. The second kappa shape index (κ2) is 6.64. The van der Waals surface area contributed by atoms with E-state index >= 15 is 0 Å². The first-order valence-corrected chi connectivity index (χ1v) is 7.06. The van der Waals surface area contributed by atoms with Crippen LogP contribution in [0.5, 0.6) is 0 Å². The van der Waals surface area contributed by atoms with E-state index in [0.717, 1.165) is 22.0 Å². The lowest BCUT2D eigenvalue weighted by Gasteiger charge is -2.21. The molecule has 4 heteroatoms. The minimum Gasteiger partial charge on any atom is -0.396 e. The fraction of sp³-hybridized carbons (Fsp3) is 0.538. The van der Waals surface area contributed by atoms with E-state index in [1.165, 1.54) is 0 Å². The predicted molar refractivity (Wildman–Crippen MR) is 75.9 cm³/mol. The van der Waals surface area contributed by atoms with Crippen LogP contribution in [0.2, 0.25) is 5.02 Å². The number of benzene rings is 1. The lowest BCUT2D eigenvalue weighted by atomic mass is 10.1. The monoisotopic (exact) mass is 273 g/mol. The smallest absolute Gasteiger partial charge is 0.0525 e. The lowest BCUT2D eigenvalue weighted by Crippen LogP contribution is -2.35. The van der Waals surface area contributed by atoms with Gasteiger partial charge in [-0.3, -0.25) is 0 Å². The van der Waals surface area contributed by atoms with Crippen LogP contribution in [-0.4, -0.2) is 23.0 Å². The lowest BCUT2D eigenvalue weighted by molar-refractivity contribution is 0.322. The van der Waals surface area contributed by atoms with E-state index in [2.05, 4.69) is 26.1 Å². The summed E-state index contributed by atoms with van der Waals surface area (Å²) in [6, 6.07) is 6.05. The highest BCUT2D eigenvalue weighted by Gasteiger charge is 2.10. The molecule has 0 aromatic heterocycles. The maximum atomic E-state index is 8.76. The van der Waals surface area contributed by atoms with Gasteiger partial charge in [0.05, 0.1) is 6.61 Å². The standard InChI is InChI=1S/C13H20ClNOS/c1-13(2,3)15-9-10-4-5-11(8-12(10)14)17-7-6-16/h4-5,8,15-16H,6-7,9H2,1-3H3. The highest BCUT2D eigenvalue weighted by Crippen LogP contribution is 2.25. The van der Waals surface area contributed by atoms with E-state index in [4.69, 9.17) is 16.7 Å². The molecule has 0 bridgehead atoms. The van der Waals surface area contributed by atoms with Gasteiger partial charge in [-0.1, -0.05) is 17.7 Å². The average molecular weight is 274 g/mol. The van der Waals surface area contributed by atoms with Gasteiger partial charge in [-0.2, -0.15) is 0 Å². The summed E-state index contributed by atoms with van der Waals surface area (Å²) in [5, 5.41) is 13.0. The Bertz CT molecular complexity index is 363. The van der Waals surface area contributed by atoms with E-state index in [1.54, 1.807) is 11.8 Å². The van der Waals surface area contributed by atoms with Crippen molar-refractivity contribution >= 4 is 23.4 Å². The quantitative estimate of drug-likeness (QED) is 0.808. The highest BCUT2D eigenvalue weighted by molar-refractivity contribution is 7.99. The van der Waals surface area contributed by atoms with Crippen LogP contribution in [0.4, 0.5) is 0 Å². The maximum absolute atomic E-state index is 8.76. The number of halogens is 1. The van der Waals surface area contributed by atoms with Crippen LogP contribution >= 0.6 is 23.4 Å². The first kappa shape index (κ1) is 14.8. The summed E-state index contributed by atoms with van der Waals surface area (Å²) in [6.07, 6.45) is 0. The molecule has 0 unspecified atom stereocenters. The highest BCUT2D eigenvalue weighted by atomic mass is 35.5. The largest absolute Gasteiger partial charge is 0.396 e. The molecule has 0 aliphatic heterocycles. The molecule has 2 nitrogen and oxygen atoms in total. The van der Waals surface area contributed by atoms with Gasteiger partial charge in [0.25, 0.3) is 0 Å². The van der Waals surface area contributed by atoms with Crippen LogP contribution in [0.25, 0.3) is 0 Å². The normalized spacial score (nSPS) is 11.8. The molecule has 0 spiro atoms. The average Bonchev–Trinajstić information content (AvgIpc) is 2.23.